The number of fused-ring (bicyclic) bond motifs is 1. The van der Waals surface area contributed by atoms with E-state index in [0.29, 0.717) is 18.4 Å². The molecule has 5 heteroatoms. The summed E-state index contributed by atoms with van der Waals surface area (Å²) in [5, 5.41) is 10.3. The van der Waals surface area contributed by atoms with E-state index in [9.17, 15) is 5.11 Å². The molecule has 5 nitrogen and oxygen atoms in total. The summed E-state index contributed by atoms with van der Waals surface area (Å²) in [6.45, 7) is 2.23. The SMILES string of the molecule is COc1nccc2c(N3CCC(CO)CC3)ccnc12. The minimum atomic E-state index is 0.294. The molecule has 1 N–H and O–H groups in total. The van der Waals surface area contributed by atoms with Crippen molar-refractivity contribution in [3.05, 3.63) is 24.5 Å². The van der Waals surface area contributed by atoms with Crippen LogP contribution in [0, 0.1) is 5.92 Å². The van der Waals surface area contributed by atoms with Crippen LogP contribution in [-0.4, -0.2) is 41.9 Å². The highest BCUT2D eigenvalue weighted by Gasteiger charge is 2.20. The molecule has 0 aliphatic carbocycles. The number of pyridine rings is 2. The fraction of sp³-hybridized carbons (Fsp3) is 0.467. The molecule has 0 saturated carbocycles. The summed E-state index contributed by atoms with van der Waals surface area (Å²) in [7, 11) is 1.61. The molecular formula is C15H19N3O2. The lowest BCUT2D eigenvalue weighted by atomic mass is 9.97. The predicted molar refractivity (Wildman–Crippen MR) is 78.1 cm³/mol. The summed E-state index contributed by atoms with van der Waals surface area (Å²) in [6.07, 6.45) is 5.62. The van der Waals surface area contributed by atoms with Crippen LogP contribution in [0.2, 0.25) is 0 Å². The summed E-state index contributed by atoms with van der Waals surface area (Å²) >= 11 is 0. The molecular weight excluding hydrogens is 254 g/mol. The first-order chi connectivity index (χ1) is 9.83. The molecule has 0 bridgehead atoms. The van der Waals surface area contributed by atoms with E-state index < -0.39 is 0 Å². The van der Waals surface area contributed by atoms with Crippen LogP contribution in [0.4, 0.5) is 5.69 Å². The van der Waals surface area contributed by atoms with Crippen LogP contribution in [0.15, 0.2) is 24.5 Å². The topological polar surface area (TPSA) is 58.5 Å². The lowest BCUT2D eigenvalue weighted by molar-refractivity contribution is 0.203. The summed E-state index contributed by atoms with van der Waals surface area (Å²) in [6, 6.07) is 4.03. The molecule has 0 amide bonds. The van der Waals surface area contributed by atoms with Gasteiger partial charge in [-0.15, -0.1) is 0 Å². The first-order valence-corrected chi connectivity index (χ1v) is 6.97. The third kappa shape index (κ3) is 2.29. The van der Waals surface area contributed by atoms with E-state index in [1.807, 2.05) is 12.1 Å². The van der Waals surface area contributed by atoms with Gasteiger partial charge in [0, 0.05) is 43.2 Å². The van der Waals surface area contributed by atoms with E-state index in [4.69, 9.17) is 4.74 Å². The summed E-state index contributed by atoms with van der Waals surface area (Å²) in [5.74, 6) is 1.00. The van der Waals surface area contributed by atoms with Gasteiger partial charge in [-0.1, -0.05) is 0 Å². The standard InChI is InChI=1S/C15H19N3O2/c1-20-15-14-12(2-6-17-15)13(3-7-16-14)18-8-4-11(10-19)5-9-18/h2-3,6-7,11,19H,4-5,8-10H2,1H3. The van der Waals surface area contributed by atoms with Gasteiger partial charge in [-0.3, -0.25) is 4.98 Å². The zero-order valence-corrected chi connectivity index (χ0v) is 11.6. The van der Waals surface area contributed by atoms with Crippen molar-refractivity contribution in [2.75, 3.05) is 31.7 Å². The Morgan fingerprint density at radius 1 is 1.25 bits per heavy atom. The number of hydrogen-bond acceptors (Lipinski definition) is 5. The normalized spacial score (nSPS) is 16.6. The molecule has 1 fully saturated rings. The van der Waals surface area contributed by atoms with Crippen molar-refractivity contribution in [1.29, 1.82) is 0 Å². The van der Waals surface area contributed by atoms with Gasteiger partial charge < -0.3 is 14.7 Å². The zero-order valence-electron chi connectivity index (χ0n) is 11.6. The highest BCUT2D eigenvalue weighted by molar-refractivity contribution is 5.94. The van der Waals surface area contributed by atoms with Crippen LogP contribution >= 0.6 is 0 Å². The maximum Gasteiger partial charge on any atom is 0.240 e. The predicted octanol–water partition coefficient (Wildman–Crippen LogP) is 1.85. The fourth-order valence-corrected chi connectivity index (χ4v) is 2.82. The highest BCUT2D eigenvalue weighted by Crippen LogP contribution is 2.31. The van der Waals surface area contributed by atoms with Crippen LogP contribution in [0.25, 0.3) is 10.9 Å². The number of nitrogens with zero attached hydrogens (tertiary/aromatic N) is 3. The van der Waals surface area contributed by atoms with Crippen LogP contribution in [0.1, 0.15) is 12.8 Å². The Morgan fingerprint density at radius 2 is 2.00 bits per heavy atom. The number of rotatable bonds is 3. The van der Waals surface area contributed by atoms with Crippen LogP contribution in [0.5, 0.6) is 5.88 Å². The number of anilines is 1. The van der Waals surface area contributed by atoms with Crippen LogP contribution in [-0.2, 0) is 0 Å². The number of ether oxygens (including phenoxy) is 1. The molecule has 2 aromatic rings. The molecule has 1 saturated heterocycles. The first-order valence-electron chi connectivity index (χ1n) is 6.97. The van der Waals surface area contributed by atoms with Crippen molar-refractivity contribution in [1.82, 2.24) is 9.97 Å². The highest BCUT2D eigenvalue weighted by atomic mass is 16.5. The number of piperidine rings is 1. The minimum Gasteiger partial charge on any atom is -0.479 e. The van der Waals surface area contributed by atoms with Crippen LogP contribution in [0.3, 0.4) is 0 Å². The molecule has 20 heavy (non-hydrogen) atoms. The van der Waals surface area contributed by atoms with Crippen molar-refractivity contribution in [2.45, 2.75) is 12.8 Å². The Labute approximate surface area is 118 Å². The number of aliphatic hydroxyl groups is 1. The summed E-state index contributed by atoms with van der Waals surface area (Å²) < 4.78 is 5.28. The molecule has 3 heterocycles. The first kappa shape index (κ1) is 13.1. The zero-order chi connectivity index (χ0) is 13.9. The molecule has 2 aromatic heterocycles. The van der Waals surface area contributed by atoms with Crippen molar-refractivity contribution < 1.29 is 9.84 Å². The lowest BCUT2D eigenvalue weighted by Crippen LogP contribution is -2.34. The molecule has 0 radical (unpaired) electrons. The Balaban J connectivity index is 1.96. The maximum atomic E-state index is 9.23. The Morgan fingerprint density at radius 3 is 2.70 bits per heavy atom. The van der Waals surface area contributed by atoms with E-state index in [1.54, 1.807) is 19.5 Å². The molecule has 1 aliphatic heterocycles. The maximum absolute atomic E-state index is 9.23. The van der Waals surface area contributed by atoms with Gasteiger partial charge >= 0.3 is 0 Å². The molecule has 0 unspecified atom stereocenters. The second-order valence-corrected chi connectivity index (χ2v) is 5.16. The summed E-state index contributed by atoms with van der Waals surface area (Å²) in [4.78, 5) is 10.9. The van der Waals surface area contributed by atoms with Gasteiger partial charge in [0.1, 0.15) is 5.52 Å². The van der Waals surface area contributed by atoms with Gasteiger partial charge in [0.2, 0.25) is 5.88 Å². The molecule has 0 atom stereocenters. The van der Waals surface area contributed by atoms with E-state index in [0.717, 1.165) is 36.8 Å². The van der Waals surface area contributed by atoms with E-state index in [1.165, 1.54) is 5.69 Å². The number of methoxy groups -OCH3 is 1. The number of aliphatic hydroxyl groups excluding tert-OH is 1. The quantitative estimate of drug-likeness (QED) is 0.924. The molecule has 0 spiro atoms. The van der Waals surface area contributed by atoms with E-state index >= 15 is 0 Å². The van der Waals surface area contributed by atoms with Gasteiger partial charge in [-0.2, -0.15) is 0 Å². The fourth-order valence-electron chi connectivity index (χ4n) is 2.82. The van der Waals surface area contributed by atoms with Gasteiger partial charge in [0.15, 0.2) is 0 Å². The Bertz CT molecular complexity index is 595. The lowest BCUT2D eigenvalue weighted by Gasteiger charge is -2.33. The average Bonchev–Trinajstić information content (AvgIpc) is 2.54. The second-order valence-electron chi connectivity index (χ2n) is 5.16. The monoisotopic (exact) mass is 273 g/mol. The Kier molecular flexibility index (Phi) is 3.69. The third-order valence-corrected chi connectivity index (χ3v) is 4.01. The van der Waals surface area contributed by atoms with Gasteiger partial charge in [0.25, 0.3) is 0 Å². The van der Waals surface area contributed by atoms with Crippen molar-refractivity contribution >= 4 is 16.6 Å². The van der Waals surface area contributed by atoms with Gasteiger partial charge in [0.05, 0.1) is 7.11 Å². The number of aromatic nitrogens is 2. The largest absolute Gasteiger partial charge is 0.479 e. The average molecular weight is 273 g/mol. The molecule has 106 valence electrons. The van der Waals surface area contributed by atoms with Crippen LogP contribution < -0.4 is 9.64 Å². The van der Waals surface area contributed by atoms with Crippen molar-refractivity contribution in [3.63, 3.8) is 0 Å². The Hall–Kier alpha value is -1.88. The molecule has 1 aliphatic rings. The van der Waals surface area contributed by atoms with E-state index in [-0.39, 0.29) is 0 Å². The van der Waals surface area contributed by atoms with Gasteiger partial charge in [-0.05, 0) is 30.9 Å². The molecule has 0 aromatic carbocycles. The summed E-state index contributed by atoms with van der Waals surface area (Å²) in [5.41, 5.74) is 1.98. The van der Waals surface area contributed by atoms with E-state index in [2.05, 4.69) is 14.9 Å². The smallest absolute Gasteiger partial charge is 0.240 e. The number of hydrogen-bond donors (Lipinski definition) is 1. The van der Waals surface area contributed by atoms with Gasteiger partial charge in [-0.25, -0.2) is 4.98 Å². The second kappa shape index (κ2) is 5.63. The van der Waals surface area contributed by atoms with Crippen molar-refractivity contribution in [2.24, 2.45) is 5.92 Å². The minimum absolute atomic E-state index is 0.294. The molecule has 3 rings (SSSR count). The van der Waals surface area contributed by atoms with Crippen molar-refractivity contribution in [3.8, 4) is 5.88 Å². The third-order valence-electron chi connectivity index (χ3n) is 4.01.